The van der Waals surface area contributed by atoms with Crippen molar-refractivity contribution in [2.24, 2.45) is 0 Å². The van der Waals surface area contributed by atoms with Gasteiger partial charge in [-0.25, -0.2) is 0 Å². The second kappa shape index (κ2) is 13.4. The number of carbonyl (C=O) groups excluding carboxylic acids is 2. The number of ether oxygens (including phenoxy) is 2. The molecule has 1 heterocycles. The maximum Gasteiger partial charge on any atom is 0.243 e. The molecule has 6 nitrogen and oxygen atoms in total. The molecule has 0 radical (unpaired) electrons. The van der Waals surface area contributed by atoms with Gasteiger partial charge in [0.2, 0.25) is 11.8 Å². The van der Waals surface area contributed by atoms with E-state index in [-0.39, 0.29) is 30.8 Å². The lowest BCUT2D eigenvalue weighted by Gasteiger charge is -2.33. The van der Waals surface area contributed by atoms with E-state index < -0.39 is 6.04 Å². The molecule has 1 unspecified atom stereocenters. The number of benzene rings is 3. The second-order valence-electron chi connectivity index (χ2n) is 10.4. The first-order valence-corrected chi connectivity index (χ1v) is 14.7. The third-order valence-corrected chi connectivity index (χ3v) is 8.31. The number of hydrogen-bond donors (Lipinski definition) is 1. The Balaban J connectivity index is 1.42. The summed E-state index contributed by atoms with van der Waals surface area (Å²) >= 11 is 13.1. The van der Waals surface area contributed by atoms with Crippen molar-refractivity contribution < 1.29 is 19.1 Å². The summed E-state index contributed by atoms with van der Waals surface area (Å²) in [7, 11) is 0. The lowest BCUT2D eigenvalue weighted by Crippen LogP contribution is -2.52. The maximum absolute atomic E-state index is 14.0. The number of carbonyl (C=O) groups is 2. The molecular formula is C32H34Cl2N2O4. The zero-order chi connectivity index (χ0) is 27.9. The molecule has 0 aromatic heterocycles. The molecule has 1 N–H and O–H groups in total. The molecule has 2 amide bonds. The number of amides is 2. The Hall–Kier alpha value is -3.22. The predicted molar refractivity (Wildman–Crippen MR) is 157 cm³/mol. The molecule has 0 saturated heterocycles. The van der Waals surface area contributed by atoms with Crippen LogP contribution in [0.1, 0.15) is 48.8 Å². The predicted octanol–water partition coefficient (Wildman–Crippen LogP) is 6.40. The molecule has 3 aromatic carbocycles. The molecule has 3 aromatic rings. The van der Waals surface area contributed by atoms with Crippen molar-refractivity contribution in [1.29, 1.82) is 0 Å². The molecule has 5 rings (SSSR count). The molecule has 0 spiro atoms. The number of aryl methyl sites for hydroxylation is 1. The van der Waals surface area contributed by atoms with E-state index in [0.717, 1.165) is 36.8 Å². The lowest BCUT2D eigenvalue weighted by molar-refractivity contribution is -0.141. The number of halogens is 2. The number of hydrogen-bond acceptors (Lipinski definition) is 4. The van der Waals surface area contributed by atoms with Crippen LogP contribution < -0.4 is 14.8 Å². The van der Waals surface area contributed by atoms with Crippen LogP contribution in [0.4, 0.5) is 0 Å². The van der Waals surface area contributed by atoms with E-state index in [9.17, 15) is 9.59 Å². The van der Waals surface area contributed by atoms with E-state index in [4.69, 9.17) is 32.7 Å². The number of nitrogens with one attached hydrogen (secondary N) is 1. The minimum atomic E-state index is -0.719. The Bertz CT molecular complexity index is 1310. The molecule has 1 atom stereocenters. The van der Waals surface area contributed by atoms with Gasteiger partial charge in [0.25, 0.3) is 0 Å². The number of nitrogens with zero attached hydrogens (tertiary/aromatic N) is 1. The van der Waals surface area contributed by atoms with E-state index in [0.29, 0.717) is 53.2 Å². The third-order valence-electron chi connectivity index (χ3n) is 7.60. The average Bonchev–Trinajstić information content (AvgIpc) is 3.48. The summed E-state index contributed by atoms with van der Waals surface area (Å²) in [5.74, 6) is 1.11. The van der Waals surface area contributed by atoms with Crippen molar-refractivity contribution in [2.45, 2.75) is 63.6 Å². The summed E-state index contributed by atoms with van der Waals surface area (Å²) in [6.07, 6.45) is 5.20. The minimum Gasteiger partial charge on any atom is -0.486 e. The molecule has 8 heteroatoms. The summed E-state index contributed by atoms with van der Waals surface area (Å²) < 4.78 is 11.4. The second-order valence-corrected chi connectivity index (χ2v) is 11.2. The Morgan fingerprint density at radius 1 is 0.875 bits per heavy atom. The fourth-order valence-electron chi connectivity index (χ4n) is 5.41. The fraction of sp³-hybridized carbons (Fsp3) is 0.375. The van der Waals surface area contributed by atoms with Crippen LogP contribution in [0.25, 0.3) is 0 Å². The summed E-state index contributed by atoms with van der Waals surface area (Å²) in [4.78, 5) is 29.5. The van der Waals surface area contributed by atoms with Crippen molar-refractivity contribution >= 4 is 35.0 Å². The van der Waals surface area contributed by atoms with Gasteiger partial charge in [-0.2, -0.15) is 0 Å². The smallest absolute Gasteiger partial charge is 0.243 e. The van der Waals surface area contributed by atoms with Gasteiger partial charge in [-0.05, 0) is 54.7 Å². The van der Waals surface area contributed by atoms with Crippen molar-refractivity contribution in [3.05, 3.63) is 93.5 Å². The minimum absolute atomic E-state index is 0.129. The van der Waals surface area contributed by atoms with Crippen LogP contribution in [0.5, 0.6) is 11.5 Å². The SMILES string of the molecule is O=C(NC1CCCC1)C(Cc1ccccc1)N(Cc1c(Cl)cccc1Cl)C(=O)CCc1ccc2c(c1)OCCO2. The van der Waals surface area contributed by atoms with Crippen LogP contribution in [0.3, 0.4) is 0 Å². The highest BCUT2D eigenvalue weighted by Gasteiger charge is 2.33. The Morgan fingerprint density at radius 3 is 2.30 bits per heavy atom. The highest BCUT2D eigenvalue weighted by Crippen LogP contribution is 2.32. The van der Waals surface area contributed by atoms with E-state index in [2.05, 4.69) is 5.32 Å². The van der Waals surface area contributed by atoms with Crippen LogP contribution in [-0.2, 0) is 29.0 Å². The zero-order valence-electron chi connectivity index (χ0n) is 22.4. The van der Waals surface area contributed by atoms with Crippen molar-refractivity contribution in [3.8, 4) is 11.5 Å². The van der Waals surface area contributed by atoms with Gasteiger partial charge in [0.1, 0.15) is 19.3 Å². The van der Waals surface area contributed by atoms with Crippen molar-refractivity contribution in [3.63, 3.8) is 0 Å². The average molecular weight is 582 g/mol. The van der Waals surface area contributed by atoms with Gasteiger partial charge in [0.05, 0.1) is 0 Å². The quantitative estimate of drug-likeness (QED) is 0.301. The van der Waals surface area contributed by atoms with Gasteiger partial charge in [-0.3, -0.25) is 9.59 Å². The molecule has 1 saturated carbocycles. The summed E-state index contributed by atoms with van der Waals surface area (Å²) in [6.45, 7) is 1.16. The number of rotatable bonds is 10. The highest BCUT2D eigenvalue weighted by atomic mass is 35.5. The van der Waals surface area contributed by atoms with Crippen LogP contribution in [0.2, 0.25) is 10.0 Å². The maximum atomic E-state index is 14.0. The Morgan fingerprint density at radius 2 is 1.57 bits per heavy atom. The van der Waals surface area contributed by atoms with Crippen LogP contribution in [-0.4, -0.2) is 42.0 Å². The van der Waals surface area contributed by atoms with Crippen LogP contribution >= 0.6 is 23.2 Å². The topological polar surface area (TPSA) is 67.9 Å². The van der Waals surface area contributed by atoms with Gasteiger partial charge in [-0.1, -0.05) is 78.5 Å². The lowest BCUT2D eigenvalue weighted by atomic mass is 10.0. The van der Waals surface area contributed by atoms with E-state index in [1.807, 2.05) is 48.5 Å². The molecular weight excluding hydrogens is 547 g/mol. The first-order chi connectivity index (χ1) is 19.5. The molecule has 0 bridgehead atoms. The standard InChI is InChI=1S/C32H34Cl2N2O4/c33-26-11-6-12-27(34)25(26)21-36(31(37)16-14-23-13-15-29-30(20-23)40-18-17-39-29)28(19-22-7-2-1-3-8-22)32(38)35-24-9-4-5-10-24/h1-3,6-8,11-13,15,20,24,28H,4-5,9-10,14,16-19,21H2,(H,35,38). The van der Waals surface area contributed by atoms with E-state index in [1.165, 1.54) is 0 Å². The zero-order valence-corrected chi connectivity index (χ0v) is 23.9. The normalized spacial score (nSPS) is 15.4. The Labute approximate surface area is 245 Å². The molecule has 1 fully saturated rings. The monoisotopic (exact) mass is 580 g/mol. The third kappa shape index (κ3) is 7.10. The van der Waals surface area contributed by atoms with E-state index >= 15 is 0 Å². The van der Waals surface area contributed by atoms with Gasteiger partial charge in [0, 0.05) is 41.0 Å². The molecule has 1 aliphatic carbocycles. The molecule has 2 aliphatic rings. The van der Waals surface area contributed by atoms with Crippen LogP contribution in [0, 0.1) is 0 Å². The van der Waals surface area contributed by atoms with Crippen molar-refractivity contribution in [1.82, 2.24) is 10.2 Å². The van der Waals surface area contributed by atoms with Crippen molar-refractivity contribution in [2.75, 3.05) is 13.2 Å². The Kier molecular flexibility index (Phi) is 9.50. The highest BCUT2D eigenvalue weighted by molar-refractivity contribution is 6.36. The summed E-state index contributed by atoms with van der Waals surface area (Å²) in [5.41, 5.74) is 2.57. The van der Waals surface area contributed by atoms with Gasteiger partial charge >= 0.3 is 0 Å². The first-order valence-electron chi connectivity index (χ1n) is 13.9. The molecule has 1 aliphatic heterocycles. The van der Waals surface area contributed by atoms with E-state index in [1.54, 1.807) is 23.1 Å². The summed E-state index contributed by atoms with van der Waals surface area (Å²) in [6, 6.07) is 20.2. The number of fused-ring (bicyclic) bond motifs is 1. The van der Waals surface area contributed by atoms with Gasteiger partial charge < -0.3 is 19.7 Å². The van der Waals surface area contributed by atoms with Gasteiger partial charge in [0.15, 0.2) is 11.5 Å². The fourth-order valence-corrected chi connectivity index (χ4v) is 5.93. The molecule has 210 valence electrons. The van der Waals surface area contributed by atoms with Crippen LogP contribution in [0.15, 0.2) is 66.7 Å². The largest absolute Gasteiger partial charge is 0.486 e. The van der Waals surface area contributed by atoms with Gasteiger partial charge in [-0.15, -0.1) is 0 Å². The molecule has 40 heavy (non-hydrogen) atoms. The summed E-state index contributed by atoms with van der Waals surface area (Å²) in [5, 5.41) is 4.16. The first kappa shape index (κ1) is 28.3.